The molecule has 33 heavy (non-hydrogen) atoms. The quantitative estimate of drug-likeness (QED) is 0.456. The highest BCUT2D eigenvalue weighted by atomic mass is 19.1. The van der Waals surface area contributed by atoms with Gasteiger partial charge in [0.1, 0.15) is 29.0 Å². The first-order valence-corrected chi connectivity index (χ1v) is 11.0. The number of nitrogens with zero attached hydrogens (tertiary/aromatic N) is 5. The Labute approximate surface area is 190 Å². The molecule has 0 aliphatic carbocycles. The van der Waals surface area contributed by atoms with E-state index >= 15 is 0 Å². The van der Waals surface area contributed by atoms with Gasteiger partial charge in [0.05, 0.1) is 5.92 Å². The molecule has 3 heterocycles. The van der Waals surface area contributed by atoms with E-state index in [1.165, 1.54) is 18.5 Å². The van der Waals surface area contributed by atoms with E-state index in [0.29, 0.717) is 35.7 Å². The van der Waals surface area contributed by atoms with Crippen LogP contribution in [0.1, 0.15) is 18.4 Å². The number of hydrogen-bond acceptors (Lipinski definition) is 6. The molecule has 0 bridgehead atoms. The Hall–Kier alpha value is -3.81. The standard InChI is InChI=1S/C25H24FN5O2/c1-30(14-17-6-3-2-4-7-17)25(32)19-8-5-13-31(15-19)23-21-22(18-9-11-20(26)12-10-18)29-33-24(21)28-16-27-23/h2-4,6-7,9-12,16,19H,5,8,13-15H2,1H3. The van der Waals surface area contributed by atoms with Crippen LogP contribution in [-0.4, -0.2) is 46.1 Å². The minimum absolute atomic E-state index is 0.123. The predicted octanol–water partition coefficient (Wildman–Crippen LogP) is 4.30. The second-order valence-corrected chi connectivity index (χ2v) is 8.38. The molecule has 2 aromatic carbocycles. The van der Waals surface area contributed by atoms with E-state index in [1.807, 2.05) is 37.4 Å². The third kappa shape index (κ3) is 4.28. The molecule has 0 saturated carbocycles. The van der Waals surface area contributed by atoms with Crippen LogP contribution in [0.4, 0.5) is 10.2 Å². The van der Waals surface area contributed by atoms with E-state index < -0.39 is 0 Å². The largest absolute Gasteiger partial charge is 0.355 e. The summed E-state index contributed by atoms with van der Waals surface area (Å²) < 4.78 is 18.9. The molecule has 5 rings (SSSR count). The molecule has 7 nitrogen and oxygen atoms in total. The third-order valence-corrected chi connectivity index (χ3v) is 6.08. The van der Waals surface area contributed by atoms with Crippen molar-refractivity contribution >= 4 is 22.8 Å². The first-order valence-electron chi connectivity index (χ1n) is 11.0. The van der Waals surface area contributed by atoms with E-state index in [4.69, 9.17) is 4.52 Å². The summed E-state index contributed by atoms with van der Waals surface area (Å²) in [5, 5.41) is 4.85. The van der Waals surface area contributed by atoms with Gasteiger partial charge in [0.2, 0.25) is 5.91 Å². The van der Waals surface area contributed by atoms with Crippen molar-refractivity contribution in [1.82, 2.24) is 20.0 Å². The fraction of sp³-hybridized carbons (Fsp3) is 0.280. The van der Waals surface area contributed by atoms with Crippen LogP contribution in [0.5, 0.6) is 0 Å². The van der Waals surface area contributed by atoms with Crippen molar-refractivity contribution in [3.63, 3.8) is 0 Å². The number of amides is 1. The average molecular weight is 445 g/mol. The zero-order chi connectivity index (χ0) is 22.8. The van der Waals surface area contributed by atoms with Crippen LogP contribution in [0.2, 0.25) is 0 Å². The molecule has 1 aliphatic rings. The molecule has 168 valence electrons. The predicted molar refractivity (Wildman–Crippen MR) is 123 cm³/mol. The summed E-state index contributed by atoms with van der Waals surface area (Å²) in [6, 6.07) is 16.1. The van der Waals surface area contributed by atoms with Gasteiger partial charge in [-0.1, -0.05) is 35.5 Å². The molecule has 1 unspecified atom stereocenters. The smallest absolute Gasteiger partial charge is 0.263 e. The Morgan fingerprint density at radius 1 is 1.15 bits per heavy atom. The molecule has 1 aliphatic heterocycles. The van der Waals surface area contributed by atoms with Gasteiger partial charge in [-0.15, -0.1) is 0 Å². The summed E-state index contributed by atoms with van der Waals surface area (Å²) in [5.41, 5.74) is 2.76. The van der Waals surface area contributed by atoms with Crippen LogP contribution in [0.25, 0.3) is 22.4 Å². The molecule has 1 amide bonds. The van der Waals surface area contributed by atoms with E-state index in [1.54, 1.807) is 17.0 Å². The second kappa shape index (κ2) is 8.97. The average Bonchev–Trinajstić information content (AvgIpc) is 3.29. The van der Waals surface area contributed by atoms with E-state index in [0.717, 1.165) is 30.5 Å². The summed E-state index contributed by atoms with van der Waals surface area (Å²) in [6.07, 6.45) is 3.15. The van der Waals surface area contributed by atoms with Crippen LogP contribution >= 0.6 is 0 Å². The van der Waals surface area contributed by atoms with E-state index in [2.05, 4.69) is 20.0 Å². The molecular formula is C25H24FN5O2. The van der Waals surface area contributed by atoms with E-state index in [-0.39, 0.29) is 17.6 Å². The number of fused-ring (bicyclic) bond motifs is 1. The lowest BCUT2D eigenvalue weighted by atomic mass is 9.96. The number of rotatable bonds is 5. The van der Waals surface area contributed by atoms with Crippen LogP contribution < -0.4 is 4.90 Å². The summed E-state index contributed by atoms with van der Waals surface area (Å²) >= 11 is 0. The van der Waals surface area contributed by atoms with Crippen molar-refractivity contribution < 1.29 is 13.7 Å². The number of aromatic nitrogens is 3. The first kappa shape index (κ1) is 21.1. The summed E-state index contributed by atoms with van der Waals surface area (Å²) in [7, 11) is 1.85. The lowest BCUT2D eigenvalue weighted by Crippen LogP contribution is -2.43. The summed E-state index contributed by atoms with van der Waals surface area (Å²) in [6.45, 7) is 1.90. The number of hydrogen-bond donors (Lipinski definition) is 0. The zero-order valence-corrected chi connectivity index (χ0v) is 18.3. The fourth-order valence-corrected chi connectivity index (χ4v) is 4.43. The minimum Gasteiger partial charge on any atom is -0.355 e. The molecule has 0 spiro atoms. The molecule has 1 atom stereocenters. The number of halogens is 1. The highest BCUT2D eigenvalue weighted by Crippen LogP contribution is 2.35. The van der Waals surface area contributed by atoms with Crippen LogP contribution in [0, 0.1) is 11.7 Å². The normalized spacial score (nSPS) is 16.2. The maximum Gasteiger partial charge on any atom is 0.263 e. The number of anilines is 1. The Kier molecular flexibility index (Phi) is 5.73. The minimum atomic E-state index is -0.319. The van der Waals surface area contributed by atoms with Gasteiger partial charge in [0.25, 0.3) is 5.71 Å². The molecule has 8 heteroatoms. The van der Waals surface area contributed by atoms with Gasteiger partial charge in [0, 0.05) is 32.2 Å². The van der Waals surface area contributed by atoms with Crippen molar-refractivity contribution in [2.24, 2.45) is 5.92 Å². The van der Waals surface area contributed by atoms with Crippen LogP contribution in [0.3, 0.4) is 0 Å². The van der Waals surface area contributed by atoms with Crippen molar-refractivity contribution in [3.8, 4) is 11.3 Å². The topological polar surface area (TPSA) is 75.4 Å². The van der Waals surface area contributed by atoms with Gasteiger partial charge in [-0.05, 0) is 42.7 Å². The fourth-order valence-electron chi connectivity index (χ4n) is 4.43. The molecule has 1 saturated heterocycles. The van der Waals surface area contributed by atoms with Gasteiger partial charge >= 0.3 is 0 Å². The molecular weight excluding hydrogens is 421 g/mol. The van der Waals surface area contributed by atoms with Crippen molar-refractivity contribution in [3.05, 3.63) is 72.3 Å². The van der Waals surface area contributed by atoms with Gasteiger partial charge < -0.3 is 14.3 Å². The zero-order valence-electron chi connectivity index (χ0n) is 18.3. The molecule has 1 fully saturated rings. The summed E-state index contributed by atoms with van der Waals surface area (Å²) in [4.78, 5) is 25.9. The monoisotopic (exact) mass is 445 g/mol. The lowest BCUT2D eigenvalue weighted by molar-refractivity contribution is -0.135. The van der Waals surface area contributed by atoms with Gasteiger partial charge in [0.15, 0.2) is 0 Å². The van der Waals surface area contributed by atoms with Crippen molar-refractivity contribution in [1.29, 1.82) is 0 Å². The Bertz CT molecular complexity index is 1260. The Morgan fingerprint density at radius 2 is 1.94 bits per heavy atom. The van der Waals surface area contributed by atoms with Crippen molar-refractivity contribution in [2.45, 2.75) is 19.4 Å². The maximum absolute atomic E-state index is 13.4. The first-order chi connectivity index (χ1) is 16.1. The van der Waals surface area contributed by atoms with Crippen molar-refractivity contribution in [2.75, 3.05) is 25.0 Å². The van der Waals surface area contributed by atoms with Gasteiger partial charge in [-0.25, -0.2) is 9.37 Å². The number of piperidine rings is 1. The SMILES string of the molecule is CN(Cc1ccccc1)C(=O)C1CCCN(c2ncnc3onc(-c4ccc(F)cc4)c23)C1. The number of carbonyl (C=O) groups excluding carboxylic acids is 1. The van der Waals surface area contributed by atoms with Crippen LogP contribution in [0.15, 0.2) is 65.4 Å². The number of carbonyl (C=O) groups is 1. The van der Waals surface area contributed by atoms with Gasteiger partial charge in [-0.3, -0.25) is 4.79 Å². The Balaban J connectivity index is 1.40. The lowest BCUT2D eigenvalue weighted by Gasteiger charge is -2.34. The highest BCUT2D eigenvalue weighted by molar-refractivity contribution is 5.98. The highest BCUT2D eigenvalue weighted by Gasteiger charge is 2.30. The molecule has 2 aromatic heterocycles. The Morgan fingerprint density at radius 3 is 2.73 bits per heavy atom. The number of benzene rings is 2. The third-order valence-electron chi connectivity index (χ3n) is 6.08. The van der Waals surface area contributed by atoms with Crippen LogP contribution in [-0.2, 0) is 11.3 Å². The van der Waals surface area contributed by atoms with E-state index in [9.17, 15) is 9.18 Å². The maximum atomic E-state index is 13.4. The second-order valence-electron chi connectivity index (χ2n) is 8.38. The molecule has 0 N–H and O–H groups in total. The molecule has 0 radical (unpaired) electrons. The molecule has 4 aromatic rings. The van der Waals surface area contributed by atoms with Gasteiger partial charge in [-0.2, -0.15) is 4.98 Å². The summed E-state index contributed by atoms with van der Waals surface area (Å²) in [5.74, 6) is 0.355.